The van der Waals surface area contributed by atoms with E-state index in [1.807, 2.05) is 103 Å². The quantitative estimate of drug-likeness (QED) is 0.0133. The van der Waals surface area contributed by atoms with E-state index in [4.69, 9.17) is 29.9 Å². The molecule has 4 atom stereocenters. The topological polar surface area (TPSA) is 249 Å². The Morgan fingerprint density at radius 3 is 1.07 bits per heavy atom. The first kappa shape index (κ1) is 90.3. The molecule has 0 aromatic heterocycles. The Hall–Kier alpha value is -7.72. The molecule has 8 N–H and O–H groups in total. The van der Waals surface area contributed by atoms with Crippen molar-refractivity contribution in [2.24, 2.45) is 11.8 Å². The van der Waals surface area contributed by atoms with Crippen molar-refractivity contribution in [3.05, 3.63) is 182 Å². The fourth-order valence-electron chi connectivity index (χ4n) is 10.5. The molecule has 2 fully saturated rings. The molecule has 0 spiro atoms. The van der Waals surface area contributed by atoms with Crippen molar-refractivity contribution >= 4 is 23.9 Å². The summed E-state index contributed by atoms with van der Waals surface area (Å²) >= 11 is 0. The lowest BCUT2D eigenvalue weighted by Crippen LogP contribution is -2.20. The maximum absolute atomic E-state index is 10.4. The van der Waals surface area contributed by atoms with E-state index < -0.39 is 42.2 Å². The highest BCUT2D eigenvalue weighted by Gasteiger charge is 2.20. The van der Waals surface area contributed by atoms with Crippen LogP contribution < -0.4 is 9.47 Å². The van der Waals surface area contributed by atoms with Crippen LogP contribution in [0.4, 0.5) is 0 Å². The van der Waals surface area contributed by atoms with Crippen LogP contribution in [0.1, 0.15) is 244 Å². The van der Waals surface area contributed by atoms with E-state index in [1.165, 1.54) is 51.4 Å². The fraction of sp³-hybridized carbons (Fsp3) is 0.535. The Kier molecular flexibility index (Phi) is 61.8. The predicted molar refractivity (Wildman–Crippen MR) is 408 cm³/mol. The van der Waals surface area contributed by atoms with Gasteiger partial charge in [0.1, 0.15) is 43.0 Å². The first-order valence-electron chi connectivity index (χ1n) is 37.3. The smallest absolute Gasteiger partial charge is 0.303 e. The van der Waals surface area contributed by atoms with Gasteiger partial charge in [0.15, 0.2) is 0 Å². The third-order valence-corrected chi connectivity index (χ3v) is 16.2. The zero-order chi connectivity index (χ0) is 72.7. The van der Waals surface area contributed by atoms with E-state index in [9.17, 15) is 39.6 Å². The molecule has 0 bridgehead atoms. The van der Waals surface area contributed by atoms with Gasteiger partial charge >= 0.3 is 23.9 Å². The van der Waals surface area contributed by atoms with Crippen LogP contribution in [0.2, 0.25) is 0 Å². The van der Waals surface area contributed by atoms with Crippen LogP contribution in [0.15, 0.2) is 182 Å². The van der Waals surface area contributed by atoms with Gasteiger partial charge in [0.05, 0.1) is 6.10 Å². The van der Waals surface area contributed by atoms with E-state index >= 15 is 0 Å². The van der Waals surface area contributed by atoms with Gasteiger partial charge in [-0.05, 0) is 228 Å². The monoisotopic (exact) mass is 1380 g/mol. The number of hydrogen-bond donors (Lipinski definition) is 8. The van der Waals surface area contributed by atoms with Crippen LogP contribution in [0.25, 0.3) is 0 Å². The average Bonchev–Trinajstić information content (AvgIpc) is 2.91. The van der Waals surface area contributed by atoms with Gasteiger partial charge in [-0.3, -0.25) is 19.2 Å². The second-order valence-corrected chi connectivity index (χ2v) is 25.2. The van der Waals surface area contributed by atoms with Crippen LogP contribution in [-0.2, 0) is 19.2 Å². The number of aliphatic hydroxyl groups is 4. The normalized spacial score (nSPS) is 14.9. The third-order valence-electron chi connectivity index (χ3n) is 16.2. The minimum Gasteiger partial charge on any atom is -0.491 e. The van der Waals surface area contributed by atoms with Crippen molar-refractivity contribution in [2.75, 3.05) is 13.2 Å². The van der Waals surface area contributed by atoms with Crippen molar-refractivity contribution in [3.8, 4) is 35.2 Å². The maximum atomic E-state index is 10.4. The van der Waals surface area contributed by atoms with E-state index in [0.717, 1.165) is 166 Å². The number of aliphatic hydroxyl groups excluding tert-OH is 4. The molecule has 552 valence electrons. The third kappa shape index (κ3) is 63.7. The Morgan fingerprint density at radius 2 is 0.690 bits per heavy atom. The van der Waals surface area contributed by atoms with Gasteiger partial charge in [0, 0.05) is 25.7 Å². The van der Waals surface area contributed by atoms with E-state index in [2.05, 4.69) is 90.5 Å². The van der Waals surface area contributed by atoms with Gasteiger partial charge in [0.2, 0.25) is 0 Å². The van der Waals surface area contributed by atoms with Crippen LogP contribution in [0, 0.1) is 35.5 Å². The summed E-state index contributed by atoms with van der Waals surface area (Å²) in [5.74, 6) is 10.9. The molecule has 2 aromatic rings. The summed E-state index contributed by atoms with van der Waals surface area (Å²) in [5, 5.41) is 73.8. The van der Waals surface area contributed by atoms with Crippen molar-refractivity contribution in [3.63, 3.8) is 0 Å². The molecular weight excluding hydrogens is 1260 g/mol. The molecule has 2 aliphatic carbocycles. The summed E-state index contributed by atoms with van der Waals surface area (Å²) in [7, 11) is 0. The predicted octanol–water partition coefficient (Wildman–Crippen LogP) is 19.5. The molecule has 2 aliphatic rings. The number of para-hydroxylation sites is 2. The highest BCUT2D eigenvalue weighted by Crippen LogP contribution is 2.28. The van der Waals surface area contributed by atoms with Crippen molar-refractivity contribution in [1.29, 1.82) is 0 Å². The summed E-state index contributed by atoms with van der Waals surface area (Å²) in [6.07, 6.45) is 74.8. The van der Waals surface area contributed by atoms with Crippen LogP contribution in [0.3, 0.4) is 0 Å². The molecule has 100 heavy (non-hydrogen) atoms. The number of aliphatic carboxylic acids is 4. The van der Waals surface area contributed by atoms with Crippen molar-refractivity contribution in [1.82, 2.24) is 0 Å². The summed E-state index contributed by atoms with van der Waals surface area (Å²) in [6, 6.07) is 18.8. The van der Waals surface area contributed by atoms with E-state index in [0.29, 0.717) is 24.7 Å². The number of carboxylic acids is 4. The summed E-state index contributed by atoms with van der Waals surface area (Å²) in [4.78, 5) is 41.4. The number of hydrogen-bond acceptors (Lipinski definition) is 10. The minimum atomic E-state index is -0.800. The van der Waals surface area contributed by atoms with E-state index in [1.54, 1.807) is 12.2 Å². The lowest BCUT2D eigenvalue weighted by molar-refractivity contribution is -0.138. The highest BCUT2D eigenvalue weighted by atomic mass is 16.5. The van der Waals surface area contributed by atoms with Gasteiger partial charge in [-0.2, -0.15) is 0 Å². The first-order chi connectivity index (χ1) is 48.8. The molecule has 14 nitrogen and oxygen atoms in total. The number of carboxylic acid groups (broad SMARTS) is 4. The standard InChI is InChI=1S/C22H30O4.C22H28O4.C21H34O3.C21H32O3/c2*23-20(19-26-21-16-12-10-13-17-21)15-11-8-6-4-2-1-3-5-7-9-14-18-22(24)25;2*22-20(19-15-11-10-12-16-19)17-13-8-6-4-2-1-3-5-7-9-14-18-21(23)24/h5-8,10-13,15-17,20,23H,1-4,9,14,18-19H2,(H,24,25);5-8,10,12-13,16-17,20,23H,1-4,9,14,18-19H2,(H,24,25);5-8,13,17,19-20,22H,1-4,9-12,14-16,18H2,(H,23,24);5-8,19-20,22H,1-4,9-12,14-16,18H2,(H,23,24)/b7-5-,8-6-,15-11+;7-5-,8-6-;7-5-,8-6-,17-13+;7-5-,8-6-. The van der Waals surface area contributed by atoms with Crippen LogP contribution in [-0.4, -0.2) is 102 Å². The maximum Gasteiger partial charge on any atom is 0.303 e. The summed E-state index contributed by atoms with van der Waals surface area (Å²) < 4.78 is 10.9. The SMILES string of the molecule is O=C(O)CCC/C=C\CCCC/C=C\C#CC(O)C1CCCCC1.O=C(O)CCC/C=C\CCCC/C=C\C#CC(O)COc1ccccc1.O=C(O)CCC/C=C\CCCC/C=C\C=C\C(O)C1CCCCC1.O=C(O)CCC/C=C\CCCC/C=C\C=C\C(O)COc1ccccc1. The second-order valence-electron chi connectivity index (χ2n) is 25.2. The van der Waals surface area contributed by atoms with Crippen molar-refractivity contribution in [2.45, 2.75) is 268 Å². The number of carbonyl (C=O) groups is 4. The molecular formula is C86H124O14. The second kappa shape index (κ2) is 68.4. The summed E-state index contributed by atoms with van der Waals surface area (Å²) in [5.41, 5.74) is 0. The van der Waals surface area contributed by atoms with E-state index in [-0.39, 0.29) is 45.0 Å². The van der Waals surface area contributed by atoms with Crippen LogP contribution in [0.5, 0.6) is 11.5 Å². The average molecular weight is 1380 g/mol. The Morgan fingerprint density at radius 1 is 0.370 bits per heavy atom. The molecule has 0 radical (unpaired) electrons. The molecule has 4 rings (SSSR count). The number of rotatable bonds is 48. The Balaban J connectivity index is 0.000000667. The largest absolute Gasteiger partial charge is 0.491 e. The van der Waals surface area contributed by atoms with Gasteiger partial charge in [0.25, 0.3) is 0 Å². The molecule has 0 saturated heterocycles. The summed E-state index contributed by atoms with van der Waals surface area (Å²) in [6.45, 7) is 0.400. The lowest BCUT2D eigenvalue weighted by Gasteiger charge is -2.24. The fourth-order valence-corrected chi connectivity index (χ4v) is 10.5. The lowest BCUT2D eigenvalue weighted by atomic mass is 9.85. The zero-order valence-corrected chi connectivity index (χ0v) is 60.1. The molecule has 0 amide bonds. The first-order valence-corrected chi connectivity index (χ1v) is 37.3. The molecule has 0 aliphatic heterocycles. The zero-order valence-electron chi connectivity index (χ0n) is 60.1. The number of ether oxygens (including phenoxy) is 2. The molecule has 2 saturated carbocycles. The highest BCUT2D eigenvalue weighted by molar-refractivity contribution is 5.67. The van der Waals surface area contributed by atoms with Gasteiger partial charge in [-0.25, -0.2) is 0 Å². The molecule has 4 unspecified atom stereocenters. The number of allylic oxidation sites excluding steroid dienone is 18. The van der Waals surface area contributed by atoms with Gasteiger partial charge in [-0.15, -0.1) is 0 Å². The molecule has 0 heterocycles. The Labute approximate surface area is 601 Å². The van der Waals surface area contributed by atoms with Crippen molar-refractivity contribution < 1.29 is 69.5 Å². The number of unbranched alkanes of at least 4 members (excludes halogenated alkanes) is 16. The Bertz CT molecular complexity index is 2770. The molecule has 2 aromatic carbocycles. The number of benzene rings is 2. The minimum absolute atomic E-state index is 0.156. The van der Waals surface area contributed by atoms with Gasteiger partial charge < -0.3 is 50.3 Å². The van der Waals surface area contributed by atoms with Crippen LogP contribution >= 0.6 is 0 Å². The molecule has 14 heteroatoms. The van der Waals surface area contributed by atoms with Gasteiger partial charge in [-0.1, -0.05) is 208 Å².